The Kier molecular flexibility index (Phi) is 6.19. The minimum atomic E-state index is 0.295. The molecular formula is C20H24N2OS. The van der Waals surface area contributed by atoms with Crippen LogP contribution in [-0.2, 0) is 10.5 Å². The Morgan fingerprint density at radius 3 is 2.17 bits per heavy atom. The number of carbonyl (C=O) groups is 1. The summed E-state index contributed by atoms with van der Waals surface area (Å²) in [5.74, 6) is 2.17. The Bertz CT molecular complexity index is 625. The molecule has 1 amide bonds. The van der Waals surface area contributed by atoms with Crippen LogP contribution in [0.2, 0.25) is 0 Å². The zero-order valence-corrected chi connectivity index (χ0v) is 14.8. The molecule has 0 radical (unpaired) electrons. The molecule has 126 valence electrons. The monoisotopic (exact) mass is 340 g/mol. The largest absolute Gasteiger partial charge is 0.368 e. The maximum Gasteiger partial charge on any atom is 0.223 e. The van der Waals surface area contributed by atoms with E-state index in [2.05, 4.69) is 53.4 Å². The number of piperazine rings is 1. The molecule has 0 aromatic heterocycles. The molecule has 4 heteroatoms. The number of thioether (sulfide) groups is 1. The van der Waals surface area contributed by atoms with Gasteiger partial charge in [0.15, 0.2) is 0 Å². The van der Waals surface area contributed by atoms with Crippen LogP contribution in [0.5, 0.6) is 0 Å². The number of hydrogen-bond acceptors (Lipinski definition) is 3. The number of para-hydroxylation sites is 1. The van der Waals surface area contributed by atoms with Crippen molar-refractivity contribution in [2.24, 2.45) is 0 Å². The van der Waals surface area contributed by atoms with Gasteiger partial charge >= 0.3 is 0 Å². The molecule has 3 rings (SSSR count). The summed E-state index contributed by atoms with van der Waals surface area (Å²) in [6.45, 7) is 3.51. The summed E-state index contributed by atoms with van der Waals surface area (Å²) in [6.07, 6.45) is 0.642. The van der Waals surface area contributed by atoms with Gasteiger partial charge < -0.3 is 9.80 Å². The van der Waals surface area contributed by atoms with Gasteiger partial charge in [-0.25, -0.2) is 0 Å². The van der Waals surface area contributed by atoms with Crippen molar-refractivity contribution >= 4 is 23.4 Å². The van der Waals surface area contributed by atoms with Crippen molar-refractivity contribution in [3.8, 4) is 0 Å². The molecule has 0 N–H and O–H groups in total. The lowest BCUT2D eigenvalue weighted by Gasteiger charge is -2.36. The van der Waals surface area contributed by atoms with E-state index in [-0.39, 0.29) is 0 Å². The van der Waals surface area contributed by atoms with Gasteiger partial charge in [-0.1, -0.05) is 48.5 Å². The average molecular weight is 340 g/mol. The quantitative estimate of drug-likeness (QED) is 0.750. The zero-order valence-electron chi connectivity index (χ0n) is 13.9. The van der Waals surface area contributed by atoms with E-state index in [1.165, 1.54) is 11.3 Å². The molecule has 0 spiro atoms. The van der Waals surface area contributed by atoms with Crippen molar-refractivity contribution in [3.05, 3.63) is 66.2 Å². The number of rotatable bonds is 6. The predicted octanol–water partition coefficient (Wildman–Crippen LogP) is 3.66. The van der Waals surface area contributed by atoms with Crippen LogP contribution in [0.3, 0.4) is 0 Å². The van der Waals surface area contributed by atoms with E-state index in [1.807, 2.05) is 28.8 Å². The summed E-state index contributed by atoms with van der Waals surface area (Å²) in [5, 5.41) is 0. The molecule has 0 atom stereocenters. The second-order valence-electron chi connectivity index (χ2n) is 5.99. The maximum absolute atomic E-state index is 12.3. The molecule has 1 heterocycles. The van der Waals surface area contributed by atoms with E-state index in [0.29, 0.717) is 12.3 Å². The Hall–Kier alpha value is -1.94. The summed E-state index contributed by atoms with van der Waals surface area (Å²) < 4.78 is 0. The van der Waals surface area contributed by atoms with E-state index in [1.54, 1.807) is 0 Å². The number of carbonyl (C=O) groups excluding carboxylic acids is 1. The van der Waals surface area contributed by atoms with Crippen LogP contribution in [0.15, 0.2) is 60.7 Å². The fraction of sp³-hybridized carbons (Fsp3) is 0.350. The summed E-state index contributed by atoms with van der Waals surface area (Å²) in [4.78, 5) is 16.7. The molecule has 1 aliphatic rings. The SMILES string of the molecule is O=C(CCSCc1ccccc1)N1CCN(c2ccccc2)CC1. The summed E-state index contributed by atoms with van der Waals surface area (Å²) in [5.41, 5.74) is 2.58. The van der Waals surface area contributed by atoms with Crippen LogP contribution < -0.4 is 4.90 Å². The number of nitrogens with zero attached hydrogens (tertiary/aromatic N) is 2. The molecule has 1 saturated heterocycles. The first-order valence-electron chi connectivity index (χ1n) is 8.52. The molecule has 1 fully saturated rings. The van der Waals surface area contributed by atoms with Crippen molar-refractivity contribution in [3.63, 3.8) is 0 Å². The Balaban J connectivity index is 1.36. The number of anilines is 1. The highest BCUT2D eigenvalue weighted by atomic mass is 32.2. The highest BCUT2D eigenvalue weighted by molar-refractivity contribution is 7.98. The van der Waals surface area contributed by atoms with Crippen LogP contribution in [0.4, 0.5) is 5.69 Å². The number of benzene rings is 2. The van der Waals surface area contributed by atoms with E-state index >= 15 is 0 Å². The van der Waals surface area contributed by atoms with Gasteiger partial charge in [-0.3, -0.25) is 4.79 Å². The van der Waals surface area contributed by atoms with Crippen molar-refractivity contribution in [1.29, 1.82) is 0 Å². The Morgan fingerprint density at radius 1 is 0.875 bits per heavy atom. The van der Waals surface area contributed by atoms with Crippen molar-refractivity contribution in [2.45, 2.75) is 12.2 Å². The Labute approximate surface area is 148 Å². The lowest BCUT2D eigenvalue weighted by atomic mass is 10.2. The normalized spacial score (nSPS) is 14.7. The van der Waals surface area contributed by atoms with Gasteiger partial charge in [-0.05, 0) is 17.7 Å². The molecule has 1 aliphatic heterocycles. The lowest BCUT2D eigenvalue weighted by Crippen LogP contribution is -2.48. The standard InChI is InChI=1S/C20H24N2OS/c23-20(11-16-24-17-18-7-3-1-4-8-18)22-14-12-21(13-15-22)19-9-5-2-6-10-19/h1-10H,11-17H2. The van der Waals surface area contributed by atoms with Crippen LogP contribution in [0.1, 0.15) is 12.0 Å². The molecule has 0 unspecified atom stereocenters. The minimum absolute atomic E-state index is 0.295. The molecular weight excluding hydrogens is 316 g/mol. The van der Waals surface area contributed by atoms with Crippen molar-refractivity contribution < 1.29 is 4.79 Å². The predicted molar refractivity (Wildman–Crippen MR) is 102 cm³/mol. The van der Waals surface area contributed by atoms with Gasteiger partial charge in [0.05, 0.1) is 0 Å². The zero-order chi connectivity index (χ0) is 16.6. The first-order valence-corrected chi connectivity index (χ1v) is 9.68. The van der Waals surface area contributed by atoms with E-state index in [0.717, 1.165) is 37.7 Å². The fourth-order valence-corrected chi connectivity index (χ4v) is 3.83. The first kappa shape index (κ1) is 16.9. The van der Waals surface area contributed by atoms with Crippen LogP contribution in [0, 0.1) is 0 Å². The lowest BCUT2D eigenvalue weighted by molar-refractivity contribution is -0.131. The molecule has 0 bridgehead atoms. The third-order valence-corrected chi connectivity index (χ3v) is 5.36. The number of hydrogen-bond donors (Lipinski definition) is 0. The van der Waals surface area contributed by atoms with Crippen molar-refractivity contribution in [1.82, 2.24) is 4.90 Å². The third-order valence-electron chi connectivity index (χ3n) is 4.33. The minimum Gasteiger partial charge on any atom is -0.368 e. The van der Waals surface area contributed by atoms with Crippen LogP contribution in [0.25, 0.3) is 0 Å². The molecule has 0 saturated carbocycles. The van der Waals surface area contributed by atoms with Gasteiger partial charge in [-0.15, -0.1) is 0 Å². The van der Waals surface area contributed by atoms with Gasteiger partial charge in [0, 0.05) is 49.8 Å². The molecule has 2 aromatic rings. The summed E-state index contributed by atoms with van der Waals surface area (Å²) >= 11 is 1.84. The fourth-order valence-electron chi connectivity index (χ4n) is 2.93. The Morgan fingerprint density at radius 2 is 1.50 bits per heavy atom. The van der Waals surface area contributed by atoms with E-state index in [9.17, 15) is 4.79 Å². The first-order chi connectivity index (χ1) is 11.8. The van der Waals surface area contributed by atoms with Crippen LogP contribution in [-0.4, -0.2) is 42.7 Å². The van der Waals surface area contributed by atoms with Crippen LogP contribution >= 0.6 is 11.8 Å². The number of amides is 1. The summed E-state index contributed by atoms with van der Waals surface area (Å²) in [6, 6.07) is 20.9. The van der Waals surface area contributed by atoms with Crippen molar-refractivity contribution in [2.75, 3.05) is 36.8 Å². The van der Waals surface area contributed by atoms with Gasteiger partial charge in [0.2, 0.25) is 5.91 Å². The van der Waals surface area contributed by atoms with Gasteiger partial charge in [-0.2, -0.15) is 11.8 Å². The maximum atomic E-state index is 12.3. The highest BCUT2D eigenvalue weighted by Crippen LogP contribution is 2.17. The molecule has 3 nitrogen and oxygen atoms in total. The topological polar surface area (TPSA) is 23.6 Å². The second kappa shape index (κ2) is 8.78. The van der Waals surface area contributed by atoms with Gasteiger partial charge in [0.25, 0.3) is 0 Å². The average Bonchev–Trinajstić information content (AvgIpc) is 2.67. The third kappa shape index (κ3) is 4.78. The van der Waals surface area contributed by atoms with E-state index < -0.39 is 0 Å². The molecule has 2 aromatic carbocycles. The highest BCUT2D eigenvalue weighted by Gasteiger charge is 2.20. The van der Waals surface area contributed by atoms with Gasteiger partial charge in [0.1, 0.15) is 0 Å². The second-order valence-corrected chi connectivity index (χ2v) is 7.10. The molecule has 24 heavy (non-hydrogen) atoms. The molecule has 0 aliphatic carbocycles. The summed E-state index contributed by atoms with van der Waals surface area (Å²) in [7, 11) is 0. The van der Waals surface area contributed by atoms with E-state index in [4.69, 9.17) is 0 Å². The smallest absolute Gasteiger partial charge is 0.223 e.